The van der Waals surface area contributed by atoms with Gasteiger partial charge in [0.15, 0.2) is 0 Å². The fourth-order valence-electron chi connectivity index (χ4n) is 2.34. The molecule has 3 aromatic rings. The number of rotatable bonds is 2. The number of aryl methyl sites for hydroxylation is 1. The molecule has 0 atom stereocenters. The molecular formula is C20H21N3O3S. The zero-order valence-corrected chi connectivity index (χ0v) is 15.9. The van der Waals surface area contributed by atoms with E-state index < -0.39 is 6.03 Å². The Morgan fingerprint density at radius 3 is 2.37 bits per heavy atom. The van der Waals surface area contributed by atoms with Crippen molar-refractivity contribution in [2.75, 3.05) is 11.9 Å². The van der Waals surface area contributed by atoms with Gasteiger partial charge in [0, 0.05) is 12.7 Å². The van der Waals surface area contributed by atoms with E-state index in [0.717, 1.165) is 16.8 Å². The molecule has 0 unspecified atom stereocenters. The molecule has 0 aliphatic carbocycles. The molecule has 0 aliphatic heterocycles. The van der Waals surface area contributed by atoms with Crippen molar-refractivity contribution in [3.8, 4) is 5.75 Å². The summed E-state index contributed by atoms with van der Waals surface area (Å²) in [7, 11) is 1.91. The molecule has 0 saturated carbocycles. The first-order valence-corrected chi connectivity index (χ1v) is 8.52. The van der Waals surface area contributed by atoms with E-state index in [4.69, 9.17) is 22.2 Å². The Morgan fingerprint density at radius 2 is 1.74 bits per heavy atom. The van der Waals surface area contributed by atoms with Gasteiger partial charge < -0.3 is 15.4 Å². The summed E-state index contributed by atoms with van der Waals surface area (Å²) < 4.78 is 5.84. The Bertz CT molecular complexity index is 946. The number of urea groups is 1. The zero-order valence-electron chi connectivity index (χ0n) is 15.0. The van der Waals surface area contributed by atoms with E-state index in [1.54, 1.807) is 0 Å². The van der Waals surface area contributed by atoms with Gasteiger partial charge in [-0.1, -0.05) is 42.5 Å². The number of carbonyl (C=O) groups excluding carboxylic acids is 1. The summed E-state index contributed by atoms with van der Waals surface area (Å²) >= 11 is 5.41. The molecule has 3 rings (SSSR count). The highest BCUT2D eigenvalue weighted by Gasteiger charge is 2.09. The molecule has 0 fully saturated rings. The quantitative estimate of drug-likeness (QED) is 0.354. The second kappa shape index (κ2) is 9.51. The minimum absolute atomic E-state index is 0.431. The number of nitrogens with two attached hydrogens (primary N) is 1. The van der Waals surface area contributed by atoms with Crippen molar-refractivity contribution in [3.63, 3.8) is 0 Å². The number of primary amides is 1. The molecule has 0 saturated heterocycles. The van der Waals surface area contributed by atoms with Gasteiger partial charge in [-0.25, -0.2) is 10.3 Å². The van der Waals surface area contributed by atoms with Crippen LogP contribution in [0.15, 0.2) is 66.7 Å². The summed E-state index contributed by atoms with van der Waals surface area (Å²) in [6, 6.07) is 21.4. The van der Waals surface area contributed by atoms with Crippen LogP contribution in [0.4, 0.5) is 10.5 Å². The Hall–Kier alpha value is -3.16. The maximum Gasteiger partial charge on any atom is 0.335 e. The largest absolute Gasteiger partial charge is 0.432 e. The van der Waals surface area contributed by atoms with Crippen LogP contribution >= 0.6 is 12.2 Å². The summed E-state index contributed by atoms with van der Waals surface area (Å²) in [5.74, 6) is 0.753. The molecule has 4 N–H and O–H groups in total. The maximum absolute atomic E-state index is 9.23. The van der Waals surface area contributed by atoms with Gasteiger partial charge in [0.25, 0.3) is 5.17 Å². The van der Waals surface area contributed by atoms with Crippen molar-refractivity contribution in [2.24, 2.45) is 5.73 Å². The van der Waals surface area contributed by atoms with Crippen LogP contribution in [0.3, 0.4) is 0 Å². The Kier molecular flexibility index (Phi) is 7.10. The number of hydrogen-bond donors (Lipinski definition) is 3. The predicted molar refractivity (Wildman–Crippen MR) is 111 cm³/mol. The van der Waals surface area contributed by atoms with Gasteiger partial charge in [0.2, 0.25) is 0 Å². The SMILES string of the molecule is Cc1cccc(N(C)C(=S)Oc2ccc3ccccc3c2)c1.NC(=O)NO. The second-order valence-corrected chi connectivity index (χ2v) is 6.10. The fourth-order valence-corrected chi connectivity index (χ4v) is 2.54. The molecule has 0 aromatic heterocycles. The topological polar surface area (TPSA) is 87.8 Å². The van der Waals surface area contributed by atoms with E-state index >= 15 is 0 Å². The van der Waals surface area contributed by atoms with E-state index in [-0.39, 0.29) is 0 Å². The number of benzene rings is 3. The Labute approximate surface area is 163 Å². The van der Waals surface area contributed by atoms with Gasteiger partial charge in [-0.3, -0.25) is 5.21 Å². The lowest BCUT2D eigenvalue weighted by atomic mass is 10.1. The van der Waals surface area contributed by atoms with Crippen molar-refractivity contribution in [1.82, 2.24) is 5.48 Å². The lowest BCUT2D eigenvalue weighted by Gasteiger charge is -2.20. The van der Waals surface area contributed by atoms with Crippen molar-refractivity contribution in [1.29, 1.82) is 0 Å². The third-order valence-electron chi connectivity index (χ3n) is 3.70. The highest BCUT2D eigenvalue weighted by Crippen LogP contribution is 2.22. The van der Waals surface area contributed by atoms with Crippen molar-refractivity contribution in [3.05, 3.63) is 72.3 Å². The van der Waals surface area contributed by atoms with E-state index in [9.17, 15) is 4.79 Å². The summed E-state index contributed by atoms with van der Waals surface area (Å²) in [5, 5.41) is 10.2. The summed E-state index contributed by atoms with van der Waals surface area (Å²) in [4.78, 5) is 11.1. The molecule has 0 aliphatic rings. The zero-order chi connectivity index (χ0) is 19.8. The van der Waals surface area contributed by atoms with E-state index in [1.807, 2.05) is 54.4 Å². The van der Waals surface area contributed by atoms with Crippen molar-refractivity contribution in [2.45, 2.75) is 6.92 Å². The minimum atomic E-state index is -0.940. The molecule has 3 aromatic carbocycles. The summed E-state index contributed by atoms with van der Waals surface area (Å²) in [5.41, 5.74) is 7.67. The highest BCUT2D eigenvalue weighted by atomic mass is 32.1. The van der Waals surface area contributed by atoms with Gasteiger partial charge in [-0.05, 0) is 59.7 Å². The van der Waals surface area contributed by atoms with Crippen molar-refractivity contribution >= 4 is 39.9 Å². The normalized spacial score (nSPS) is 9.74. The number of carbonyl (C=O) groups is 1. The summed E-state index contributed by atoms with van der Waals surface area (Å²) in [6.07, 6.45) is 0. The molecule has 27 heavy (non-hydrogen) atoms. The minimum Gasteiger partial charge on any atom is -0.432 e. The van der Waals surface area contributed by atoms with Gasteiger partial charge in [-0.15, -0.1) is 0 Å². The van der Waals surface area contributed by atoms with Crippen LogP contribution in [0, 0.1) is 6.92 Å². The van der Waals surface area contributed by atoms with Crippen LogP contribution in [0.2, 0.25) is 0 Å². The first kappa shape index (κ1) is 20.2. The molecular weight excluding hydrogens is 362 g/mol. The summed E-state index contributed by atoms with van der Waals surface area (Å²) in [6.45, 7) is 2.06. The monoisotopic (exact) mass is 383 g/mol. The average Bonchev–Trinajstić information content (AvgIpc) is 2.67. The average molecular weight is 383 g/mol. The number of hydroxylamine groups is 1. The number of anilines is 1. The van der Waals surface area contributed by atoms with Crippen LogP contribution in [0.1, 0.15) is 5.56 Å². The molecule has 0 heterocycles. The molecule has 6 nitrogen and oxygen atoms in total. The van der Waals surface area contributed by atoms with Crippen LogP contribution in [-0.4, -0.2) is 23.5 Å². The third kappa shape index (κ3) is 5.95. The van der Waals surface area contributed by atoms with E-state index in [0.29, 0.717) is 5.17 Å². The van der Waals surface area contributed by atoms with Crippen LogP contribution in [0.5, 0.6) is 5.75 Å². The first-order chi connectivity index (χ1) is 12.9. The van der Waals surface area contributed by atoms with Gasteiger partial charge >= 0.3 is 6.03 Å². The number of fused-ring (bicyclic) bond motifs is 1. The highest BCUT2D eigenvalue weighted by molar-refractivity contribution is 7.80. The van der Waals surface area contributed by atoms with Crippen LogP contribution < -0.4 is 20.9 Å². The third-order valence-corrected chi connectivity index (χ3v) is 4.06. The van der Waals surface area contributed by atoms with E-state index in [2.05, 4.69) is 36.9 Å². The lowest BCUT2D eigenvalue weighted by molar-refractivity contribution is 0.169. The van der Waals surface area contributed by atoms with Gasteiger partial charge in [0.05, 0.1) is 0 Å². The predicted octanol–water partition coefficient (Wildman–Crippen LogP) is 3.99. The lowest BCUT2D eigenvalue weighted by Crippen LogP contribution is -2.29. The molecule has 0 spiro atoms. The molecule has 2 amide bonds. The number of hydrogen-bond acceptors (Lipinski definition) is 4. The smallest absolute Gasteiger partial charge is 0.335 e. The van der Waals surface area contributed by atoms with Gasteiger partial charge in [0.1, 0.15) is 5.75 Å². The number of nitrogens with one attached hydrogen (secondary N) is 1. The van der Waals surface area contributed by atoms with Crippen molar-refractivity contribution < 1.29 is 14.7 Å². The molecule has 0 bridgehead atoms. The standard InChI is InChI=1S/C19H17NOS.CH4N2O2/c1-14-6-5-9-17(12-14)20(2)19(22)21-18-11-10-15-7-3-4-8-16(15)13-18;2-1(4)3-5/h3-13H,1-2H3;5H,(H3,2,3,4). The van der Waals surface area contributed by atoms with Crippen LogP contribution in [0.25, 0.3) is 10.8 Å². The maximum atomic E-state index is 9.23. The second-order valence-electron chi connectivity index (χ2n) is 5.75. The Balaban J connectivity index is 0.000000465. The van der Waals surface area contributed by atoms with Gasteiger partial charge in [-0.2, -0.15) is 0 Å². The molecule has 140 valence electrons. The number of nitrogens with zero attached hydrogens (tertiary/aromatic N) is 1. The Morgan fingerprint density at radius 1 is 1.07 bits per heavy atom. The molecule has 0 radical (unpaired) electrons. The van der Waals surface area contributed by atoms with E-state index in [1.165, 1.54) is 16.4 Å². The first-order valence-electron chi connectivity index (χ1n) is 8.11. The number of ether oxygens (including phenoxy) is 1. The number of thiocarbonyl (C=S) groups is 1. The molecule has 7 heteroatoms. The number of amides is 2. The fraction of sp³-hybridized carbons (Fsp3) is 0.100. The van der Waals surface area contributed by atoms with Crippen LogP contribution in [-0.2, 0) is 0 Å².